The molecule has 0 amide bonds. The average molecular weight is 184 g/mol. The summed E-state index contributed by atoms with van der Waals surface area (Å²) in [5, 5.41) is 0. The number of hydrogen-bond donors (Lipinski definition) is 0. The summed E-state index contributed by atoms with van der Waals surface area (Å²) in [7, 11) is 0. The highest BCUT2D eigenvalue weighted by molar-refractivity contribution is 5.04. The Kier molecular flexibility index (Phi) is 3.79. The van der Waals surface area contributed by atoms with Crippen LogP contribution in [0.3, 0.4) is 0 Å². The molecular formula is C11H20O2. The van der Waals surface area contributed by atoms with Gasteiger partial charge in [-0.05, 0) is 40.2 Å². The largest absolute Gasteiger partial charge is 0.496 e. The minimum atomic E-state index is 0.282. The van der Waals surface area contributed by atoms with Crippen molar-refractivity contribution in [2.75, 3.05) is 0 Å². The molecular weight excluding hydrogens is 164 g/mol. The Morgan fingerprint density at radius 1 is 1.23 bits per heavy atom. The Morgan fingerprint density at radius 3 is 2.46 bits per heavy atom. The molecule has 0 fully saturated rings. The van der Waals surface area contributed by atoms with Gasteiger partial charge in [-0.3, -0.25) is 0 Å². The van der Waals surface area contributed by atoms with Gasteiger partial charge in [-0.15, -0.1) is 0 Å². The SMILES string of the molecule is CC(C)OC1=CCC(OC(C)C)C1. The van der Waals surface area contributed by atoms with Gasteiger partial charge in [0.05, 0.1) is 24.1 Å². The summed E-state index contributed by atoms with van der Waals surface area (Å²) < 4.78 is 11.3. The Balaban J connectivity index is 2.25. The van der Waals surface area contributed by atoms with Crippen molar-refractivity contribution in [2.24, 2.45) is 0 Å². The summed E-state index contributed by atoms with van der Waals surface area (Å²) in [6.45, 7) is 8.25. The Bertz CT molecular complexity index is 183. The first-order chi connectivity index (χ1) is 6.08. The van der Waals surface area contributed by atoms with Crippen molar-refractivity contribution in [3.63, 3.8) is 0 Å². The normalized spacial score (nSPS) is 22.6. The highest BCUT2D eigenvalue weighted by Gasteiger charge is 2.20. The fourth-order valence-corrected chi connectivity index (χ4v) is 1.54. The van der Waals surface area contributed by atoms with E-state index < -0.39 is 0 Å². The van der Waals surface area contributed by atoms with Gasteiger partial charge in [-0.25, -0.2) is 0 Å². The van der Waals surface area contributed by atoms with E-state index in [4.69, 9.17) is 9.47 Å². The molecule has 0 spiro atoms. The first-order valence-corrected chi connectivity index (χ1v) is 5.09. The van der Waals surface area contributed by atoms with Crippen LogP contribution in [0.2, 0.25) is 0 Å². The summed E-state index contributed by atoms with van der Waals surface area (Å²) in [6, 6.07) is 0. The quantitative estimate of drug-likeness (QED) is 0.669. The summed E-state index contributed by atoms with van der Waals surface area (Å²) >= 11 is 0. The molecule has 1 rings (SSSR count). The molecule has 0 aliphatic heterocycles. The zero-order valence-corrected chi connectivity index (χ0v) is 9.04. The Morgan fingerprint density at radius 2 is 1.92 bits per heavy atom. The predicted octanol–water partition coefficient (Wildman–Crippen LogP) is 2.88. The second-order valence-electron chi connectivity index (χ2n) is 4.08. The van der Waals surface area contributed by atoms with Crippen molar-refractivity contribution >= 4 is 0 Å². The third kappa shape index (κ3) is 3.81. The van der Waals surface area contributed by atoms with Crippen LogP contribution in [0.15, 0.2) is 11.8 Å². The summed E-state index contributed by atoms with van der Waals surface area (Å²) in [4.78, 5) is 0. The minimum absolute atomic E-state index is 0.282. The molecule has 0 aromatic heterocycles. The second kappa shape index (κ2) is 4.66. The van der Waals surface area contributed by atoms with E-state index in [0.717, 1.165) is 18.6 Å². The molecule has 0 heterocycles. The first kappa shape index (κ1) is 10.6. The van der Waals surface area contributed by atoms with Crippen LogP contribution in [0.4, 0.5) is 0 Å². The maximum absolute atomic E-state index is 5.69. The molecule has 2 heteroatoms. The van der Waals surface area contributed by atoms with Gasteiger partial charge in [0.15, 0.2) is 0 Å². The third-order valence-electron chi connectivity index (χ3n) is 1.89. The maximum Gasteiger partial charge on any atom is 0.0950 e. The van der Waals surface area contributed by atoms with Gasteiger partial charge < -0.3 is 9.47 Å². The molecule has 1 aliphatic rings. The van der Waals surface area contributed by atoms with Gasteiger partial charge >= 0.3 is 0 Å². The van der Waals surface area contributed by atoms with E-state index in [1.165, 1.54) is 0 Å². The highest BCUT2D eigenvalue weighted by atomic mass is 16.5. The van der Waals surface area contributed by atoms with E-state index in [9.17, 15) is 0 Å². The lowest BCUT2D eigenvalue weighted by molar-refractivity contribution is 0.00749. The zero-order chi connectivity index (χ0) is 9.84. The van der Waals surface area contributed by atoms with Crippen LogP contribution in [0.1, 0.15) is 40.5 Å². The summed E-state index contributed by atoms with van der Waals surface area (Å²) in [6.07, 6.45) is 5.03. The molecule has 2 nitrogen and oxygen atoms in total. The van der Waals surface area contributed by atoms with Gasteiger partial charge in [-0.1, -0.05) is 0 Å². The van der Waals surface area contributed by atoms with Crippen LogP contribution in [0.5, 0.6) is 0 Å². The van der Waals surface area contributed by atoms with E-state index in [2.05, 4.69) is 33.8 Å². The average Bonchev–Trinajstić information content (AvgIpc) is 2.33. The molecule has 0 N–H and O–H groups in total. The Labute approximate surface area is 80.9 Å². The highest BCUT2D eigenvalue weighted by Crippen LogP contribution is 2.24. The molecule has 1 aliphatic carbocycles. The smallest absolute Gasteiger partial charge is 0.0950 e. The van der Waals surface area contributed by atoms with Gasteiger partial charge in [0, 0.05) is 6.42 Å². The summed E-state index contributed by atoms with van der Waals surface area (Å²) in [5.74, 6) is 1.10. The van der Waals surface area contributed by atoms with E-state index in [0.29, 0.717) is 12.2 Å². The fraction of sp³-hybridized carbons (Fsp3) is 0.818. The van der Waals surface area contributed by atoms with Crippen molar-refractivity contribution in [3.8, 4) is 0 Å². The van der Waals surface area contributed by atoms with Crippen LogP contribution in [-0.4, -0.2) is 18.3 Å². The molecule has 0 aromatic rings. The molecule has 0 aromatic carbocycles. The van der Waals surface area contributed by atoms with E-state index >= 15 is 0 Å². The van der Waals surface area contributed by atoms with E-state index in [1.807, 2.05) is 0 Å². The molecule has 0 bridgehead atoms. The van der Waals surface area contributed by atoms with Crippen molar-refractivity contribution in [1.82, 2.24) is 0 Å². The first-order valence-electron chi connectivity index (χ1n) is 5.09. The lowest BCUT2D eigenvalue weighted by Gasteiger charge is -2.16. The van der Waals surface area contributed by atoms with Crippen molar-refractivity contribution in [2.45, 2.75) is 58.8 Å². The van der Waals surface area contributed by atoms with E-state index in [-0.39, 0.29) is 6.10 Å². The molecule has 0 saturated heterocycles. The lowest BCUT2D eigenvalue weighted by Crippen LogP contribution is -2.15. The number of hydrogen-bond acceptors (Lipinski definition) is 2. The van der Waals surface area contributed by atoms with Crippen LogP contribution in [0, 0.1) is 0 Å². The van der Waals surface area contributed by atoms with Crippen molar-refractivity contribution < 1.29 is 9.47 Å². The van der Waals surface area contributed by atoms with Crippen molar-refractivity contribution in [3.05, 3.63) is 11.8 Å². The molecule has 76 valence electrons. The van der Waals surface area contributed by atoms with Crippen LogP contribution >= 0.6 is 0 Å². The second-order valence-corrected chi connectivity index (χ2v) is 4.08. The molecule has 13 heavy (non-hydrogen) atoms. The number of ether oxygens (including phenoxy) is 2. The topological polar surface area (TPSA) is 18.5 Å². The molecule has 0 radical (unpaired) electrons. The number of rotatable bonds is 4. The lowest BCUT2D eigenvalue weighted by atomic mass is 10.3. The van der Waals surface area contributed by atoms with Crippen molar-refractivity contribution in [1.29, 1.82) is 0 Å². The van der Waals surface area contributed by atoms with Gasteiger partial charge in [0.1, 0.15) is 0 Å². The Hall–Kier alpha value is -0.500. The van der Waals surface area contributed by atoms with Crippen LogP contribution < -0.4 is 0 Å². The molecule has 1 unspecified atom stereocenters. The predicted molar refractivity (Wildman–Crippen MR) is 53.5 cm³/mol. The van der Waals surface area contributed by atoms with Gasteiger partial charge in [-0.2, -0.15) is 0 Å². The van der Waals surface area contributed by atoms with Gasteiger partial charge in [0.2, 0.25) is 0 Å². The minimum Gasteiger partial charge on any atom is -0.496 e. The molecule has 1 atom stereocenters. The summed E-state index contributed by atoms with van der Waals surface area (Å²) in [5.41, 5.74) is 0. The molecule has 0 saturated carbocycles. The third-order valence-corrected chi connectivity index (χ3v) is 1.89. The monoisotopic (exact) mass is 184 g/mol. The van der Waals surface area contributed by atoms with Crippen LogP contribution in [-0.2, 0) is 9.47 Å². The van der Waals surface area contributed by atoms with Crippen LogP contribution in [0.25, 0.3) is 0 Å². The zero-order valence-electron chi connectivity index (χ0n) is 9.04. The standard InChI is InChI=1S/C11H20O2/c1-8(2)12-10-5-6-11(7-10)13-9(3)4/h5,8-9,11H,6-7H2,1-4H3. The van der Waals surface area contributed by atoms with E-state index in [1.54, 1.807) is 0 Å². The van der Waals surface area contributed by atoms with Gasteiger partial charge in [0.25, 0.3) is 0 Å². The fourth-order valence-electron chi connectivity index (χ4n) is 1.54. The maximum atomic E-state index is 5.69.